The number of rotatable bonds is 9. The number of carbonyl (C=O) groups excluding carboxylic acids is 1. The zero-order valence-corrected chi connectivity index (χ0v) is 16.8. The van der Waals surface area contributed by atoms with Gasteiger partial charge in [0.15, 0.2) is 0 Å². The first-order chi connectivity index (χ1) is 14.1. The van der Waals surface area contributed by atoms with Gasteiger partial charge in [-0.25, -0.2) is 4.39 Å². The number of benzene rings is 2. The summed E-state index contributed by atoms with van der Waals surface area (Å²) in [5.74, 6) is -0.407. The summed E-state index contributed by atoms with van der Waals surface area (Å²) in [7, 11) is 0. The van der Waals surface area contributed by atoms with E-state index in [1.165, 1.54) is 18.6 Å². The van der Waals surface area contributed by atoms with Crippen LogP contribution < -0.4 is 10.6 Å². The smallest absolute Gasteiger partial charge is 0.242 e. The van der Waals surface area contributed by atoms with Crippen LogP contribution >= 0.6 is 0 Å². The quantitative estimate of drug-likeness (QED) is 0.667. The lowest BCUT2D eigenvalue weighted by Gasteiger charge is -2.22. The molecule has 0 aliphatic carbocycles. The van der Waals surface area contributed by atoms with Crippen molar-refractivity contribution in [2.75, 3.05) is 18.5 Å². The molecule has 6 heteroatoms. The third-order valence-corrected chi connectivity index (χ3v) is 4.93. The second kappa shape index (κ2) is 10.9. The molecule has 2 aromatic rings. The Kier molecular flexibility index (Phi) is 8.02. The molecule has 2 unspecified atom stereocenters. The number of ether oxygens (including phenoxy) is 2. The molecule has 5 nitrogen and oxygen atoms in total. The third-order valence-electron chi connectivity index (χ3n) is 4.93. The summed E-state index contributed by atoms with van der Waals surface area (Å²) in [4.78, 5) is 12.3. The fourth-order valence-corrected chi connectivity index (χ4v) is 3.26. The van der Waals surface area contributed by atoms with Crippen LogP contribution in [0.5, 0.6) is 0 Å². The van der Waals surface area contributed by atoms with Crippen LogP contribution in [0.2, 0.25) is 0 Å². The lowest BCUT2D eigenvalue weighted by molar-refractivity contribution is -0.121. The molecular formula is C23H29FN2O3. The maximum atomic E-state index is 12.9. The number of hydrogen-bond donors (Lipinski definition) is 2. The number of nitrogens with one attached hydrogen (secondary N) is 2. The average Bonchev–Trinajstić information content (AvgIpc) is 2.74. The minimum absolute atomic E-state index is 0.120. The summed E-state index contributed by atoms with van der Waals surface area (Å²) in [5.41, 5.74) is 2.77. The van der Waals surface area contributed by atoms with Crippen LogP contribution in [0.1, 0.15) is 37.3 Å². The molecule has 156 valence electrons. The largest absolute Gasteiger partial charge is 0.376 e. The van der Waals surface area contributed by atoms with E-state index < -0.39 is 6.04 Å². The van der Waals surface area contributed by atoms with E-state index in [9.17, 15) is 9.18 Å². The van der Waals surface area contributed by atoms with Crippen molar-refractivity contribution in [2.24, 2.45) is 0 Å². The lowest BCUT2D eigenvalue weighted by Crippen LogP contribution is -2.37. The Bertz CT molecular complexity index is 776. The van der Waals surface area contributed by atoms with Crippen molar-refractivity contribution >= 4 is 11.6 Å². The van der Waals surface area contributed by atoms with Gasteiger partial charge in [-0.2, -0.15) is 0 Å². The topological polar surface area (TPSA) is 59.6 Å². The van der Waals surface area contributed by atoms with Gasteiger partial charge in [-0.1, -0.05) is 24.3 Å². The predicted molar refractivity (Wildman–Crippen MR) is 111 cm³/mol. The first-order valence-electron chi connectivity index (χ1n) is 10.2. The summed E-state index contributed by atoms with van der Waals surface area (Å²) in [6.45, 7) is 4.13. The highest BCUT2D eigenvalue weighted by atomic mass is 19.1. The monoisotopic (exact) mass is 400 g/mol. The van der Waals surface area contributed by atoms with Crippen LogP contribution in [0.3, 0.4) is 0 Å². The highest BCUT2D eigenvalue weighted by Gasteiger charge is 2.14. The minimum atomic E-state index is -0.401. The highest BCUT2D eigenvalue weighted by molar-refractivity contribution is 5.84. The first kappa shape index (κ1) is 21.3. The normalized spacial score (nSPS) is 17.5. The molecule has 2 aromatic carbocycles. The number of hydrogen-bond acceptors (Lipinski definition) is 4. The molecule has 1 amide bonds. The molecule has 0 spiro atoms. The molecule has 0 saturated carbocycles. The molecular weight excluding hydrogens is 371 g/mol. The molecule has 1 heterocycles. The zero-order valence-electron chi connectivity index (χ0n) is 16.8. The van der Waals surface area contributed by atoms with Gasteiger partial charge in [0.2, 0.25) is 5.91 Å². The molecule has 1 aliphatic heterocycles. The van der Waals surface area contributed by atoms with Crippen LogP contribution in [-0.4, -0.2) is 31.3 Å². The molecule has 29 heavy (non-hydrogen) atoms. The van der Waals surface area contributed by atoms with Crippen molar-refractivity contribution in [1.82, 2.24) is 5.32 Å². The maximum Gasteiger partial charge on any atom is 0.242 e. The fourth-order valence-electron chi connectivity index (χ4n) is 3.26. The molecule has 0 radical (unpaired) electrons. The van der Waals surface area contributed by atoms with E-state index in [-0.39, 0.29) is 17.8 Å². The number of carbonyl (C=O) groups is 1. The van der Waals surface area contributed by atoms with E-state index >= 15 is 0 Å². The molecule has 2 atom stereocenters. The van der Waals surface area contributed by atoms with Gasteiger partial charge in [0.05, 0.1) is 19.3 Å². The zero-order chi connectivity index (χ0) is 20.5. The molecule has 0 bridgehead atoms. The van der Waals surface area contributed by atoms with Gasteiger partial charge in [-0.05, 0) is 61.6 Å². The fraction of sp³-hybridized carbons (Fsp3) is 0.435. The van der Waals surface area contributed by atoms with Gasteiger partial charge in [0.25, 0.3) is 0 Å². The lowest BCUT2D eigenvalue weighted by atomic mass is 10.1. The maximum absolute atomic E-state index is 12.9. The summed E-state index contributed by atoms with van der Waals surface area (Å²) in [6.07, 6.45) is 3.61. The van der Waals surface area contributed by atoms with E-state index in [2.05, 4.69) is 10.6 Å². The number of halogens is 1. The first-order valence-corrected chi connectivity index (χ1v) is 10.2. The summed E-state index contributed by atoms with van der Waals surface area (Å²) >= 11 is 0. The molecule has 1 fully saturated rings. The van der Waals surface area contributed by atoms with E-state index in [0.717, 1.165) is 36.3 Å². The van der Waals surface area contributed by atoms with E-state index in [1.807, 2.05) is 31.2 Å². The van der Waals surface area contributed by atoms with Crippen LogP contribution in [0, 0.1) is 5.82 Å². The predicted octanol–water partition coefficient (Wildman–Crippen LogP) is 4.03. The minimum Gasteiger partial charge on any atom is -0.376 e. The van der Waals surface area contributed by atoms with Crippen molar-refractivity contribution < 1.29 is 18.7 Å². The summed E-state index contributed by atoms with van der Waals surface area (Å²) in [5, 5.41) is 6.08. The Balaban J connectivity index is 1.43. The van der Waals surface area contributed by atoms with Crippen LogP contribution in [0.4, 0.5) is 10.1 Å². The second-order valence-electron chi connectivity index (χ2n) is 7.41. The van der Waals surface area contributed by atoms with Crippen molar-refractivity contribution in [1.29, 1.82) is 0 Å². The summed E-state index contributed by atoms with van der Waals surface area (Å²) in [6, 6.07) is 13.6. The molecule has 3 rings (SSSR count). The molecule has 1 saturated heterocycles. The Hall–Kier alpha value is -2.44. The Labute approximate surface area is 171 Å². The number of anilines is 1. The van der Waals surface area contributed by atoms with E-state index in [4.69, 9.17) is 9.47 Å². The summed E-state index contributed by atoms with van der Waals surface area (Å²) < 4.78 is 24.4. The van der Waals surface area contributed by atoms with Gasteiger partial charge in [-0.3, -0.25) is 4.79 Å². The standard InChI is InChI=1S/C23H29FN2O3/c1-17(23(27)25-14-18-8-10-20(24)11-9-18)26-21-6-4-5-19(13-21)15-28-16-22-7-2-3-12-29-22/h4-6,8-11,13,17,22,26H,2-3,7,12,14-16H2,1H3,(H,25,27). The van der Waals surface area contributed by atoms with Crippen LogP contribution in [0.25, 0.3) is 0 Å². The SMILES string of the molecule is CC(Nc1cccc(COCC2CCCCO2)c1)C(=O)NCc1ccc(F)cc1. The van der Waals surface area contributed by atoms with E-state index in [0.29, 0.717) is 19.8 Å². The van der Waals surface area contributed by atoms with E-state index in [1.54, 1.807) is 12.1 Å². The molecule has 2 N–H and O–H groups in total. The van der Waals surface area contributed by atoms with Crippen LogP contribution in [0.15, 0.2) is 48.5 Å². The van der Waals surface area contributed by atoms with Crippen LogP contribution in [-0.2, 0) is 27.4 Å². The van der Waals surface area contributed by atoms with Crippen molar-refractivity contribution in [3.63, 3.8) is 0 Å². The van der Waals surface area contributed by atoms with Crippen molar-refractivity contribution in [2.45, 2.75) is 51.5 Å². The van der Waals surface area contributed by atoms with Gasteiger partial charge >= 0.3 is 0 Å². The molecule has 1 aliphatic rings. The van der Waals surface area contributed by atoms with Gasteiger partial charge in [0, 0.05) is 18.8 Å². The van der Waals surface area contributed by atoms with Gasteiger partial charge in [0.1, 0.15) is 11.9 Å². The highest BCUT2D eigenvalue weighted by Crippen LogP contribution is 2.16. The average molecular weight is 400 g/mol. The molecule has 0 aromatic heterocycles. The Morgan fingerprint density at radius 2 is 2.03 bits per heavy atom. The number of amides is 1. The second-order valence-corrected chi connectivity index (χ2v) is 7.41. The van der Waals surface area contributed by atoms with Crippen molar-refractivity contribution in [3.8, 4) is 0 Å². The Morgan fingerprint density at radius 1 is 1.21 bits per heavy atom. The van der Waals surface area contributed by atoms with Gasteiger partial charge in [-0.15, -0.1) is 0 Å². The van der Waals surface area contributed by atoms with Gasteiger partial charge < -0.3 is 20.1 Å². The van der Waals surface area contributed by atoms with Crippen molar-refractivity contribution in [3.05, 3.63) is 65.5 Å². The third kappa shape index (κ3) is 7.15. The Morgan fingerprint density at radius 3 is 2.79 bits per heavy atom.